The molecule has 1 nitrogen and oxygen atoms in total. The predicted octanol–water partition coefficient (Wildman–Crippen LogP) is 3.91. The Bertz CT molecular complexity index is 392. The van der Waals surface area contributed by atoms with Gasteiger partial charge in [-0.3, -0.25) is 0 Å². The maximum Gasteiger partial charge on any atom is 0.0454 e. The second-order valence-corrected chi connectivity index (χ2v) is 4.56. The summed E-state index contributed by atoms with van der Waals surface area (Å²) in [6.45, 7) is 1.83. The van der Waals surface area contributed by atoms with E-state index in [1.165, 1.54) is 0 Å². The number of nitrogens with two attached hydrogens (primary N) is 1. The van der Waals surface area contributed by atoms with Gasteiger partial charge in [0.1, 0.15) is 0 Å². The van der Waals surface area contributed by atoms with E-state index in [0.717, 1.165) is 27.9 Å². The highest BCUT2D eigenvalue weighted by atomic mass is 79.9. The third-order valence-electron chi connectivity index (χ3n) is 2.11. The fourth-order valence-corrected chi connectivity index (χ4v) is 1.94. The van der Waals surface area contributed by atoms with E-state index in [2.05, 4.69) is 27.8 Å². The summed E-state index contributed by atoms with van der Waals surface area (Å²) in [5.74, 6) is 5.85. The van der Waals surface area contributed by atoms with Gasteiger partial charge in [0.25, 0.3) is 0 Å². The predicted molar refractivity (Wildman–Crippen MR) is 68.8 cm³/mol. The minimum Gasteiger partial charge on any atom is -0.324 e. The molecule has 0 bridgehead atoms. The van der Waals surface area contributed by atoms with E-state index in [1.54, 1.807) is 0 Å². The van der Waals surface area contributed by atoms with Gasteiger partial charge in [-0.05, 0) is 37.1 Å². The molecule has 0 aliphatic carbocycles. The van der Waals surface area contributed by atoms with Crippen LogP contribution in [0, 0.1) is 11.8 Å². The zero-order valence-corrected chi connectivity index (χ0v) is 10.9. The number of halogens is 2. The Balaban J connectivity index is 2.74. The van der Waals surface area contributed by atoms with Crippen LogP contribution in [-0.4, -0.2) is 0 Å². The van der Waals surface area contributed by atoms with Crippen molar-refractivity contribution in [3.05, 3.63) is 33.3 Å². The maximum atomic E-state index is 6.07. The van der Waals surface area contributed by atoms with Gasteiger partial charge in [0, 0.05) is 22.0 Å². The summed E-state index contributed by atoms with van der Waals surface area (Å²) in [5, 5.41) is 0.718. The van der Waals surface area contributed by atoms with Crippen molar-refractivity contribution < 1.29 is 0 Å². The van der Waals surface area contributed by atoms with E-state index in [-0.39, 0.29) is 6.04 Å². The monoisotopic (exact) mass is 285 g/mol. The first kappa shape index (κ1) is 12.6. The molecule has 1 rings (SSSR count). The van der Waals surface area contributed by atoms with Crippen molar-refractivity contribution in [1.82, 2.24) is 0 Å². The molecule has 15 heavy (non-hydrogen) atoms. The van der Waals surface area contributed by atoms with Crippen LogP contribution in [0.4, 0.5) is 0 Å². The third kappa shape index (κ3) is 3.87. The normalized spacial score (nSPS) is 11.7. The number of rotatable bonds is 3. The first-order valence-electron chi connectivity index (χ1n) is 4.75. The van der Waals surface area contributed by atoms with E-state index >= 15 is 0 Å². The molecule has 1 aromatic rings. The Morgan fingerprint density at radius 1 is 1.53 bits per heavy atom. The van der Waals surface area contributed by atoms with E-state index in [1.807, 2.05) is 25.1 Å². The molecule has 0 radical (unpaired) electrons. The van der Waals surface area contributed by atoms with Crippen LogP contribution in [0.1, 0.15) is 31.4 Å². The molecule has 2 N–H and O–H groups in total. The van der Waals surface area contributed by atoms with Gasteiger partial charge in [0.15, 0.2) is 0 Å². The molecule has 0 aliphatic rings. The molecule has 1 atom stereocenters. The quantitative estimate of drug-likeness (QED) is 0.838. The van der Waals surface area contributed by atoms with Crippen LogP contribution in [0.25, 0.3) is 0 Å². The Labute approximate surface area is 104 Å². The highest BCUT2D eigenvalue weighted by Crippen LogP contribution is 2.27. The standard InChI is InChI=1S/C12H13BrClN/c1-2-3-4-5-12(15)10-8-9(13)6-7-11(10)14/h6-8,12H,4-5,15H2,1H3. The van der Waals surface area contributed by atoms with E-state index in [0.29, 0.717) is 0 Å². The largest absolute Gasteiger partial charge is 0.324 e. The molecule has 80 valence electrons. The minimum atomic E-state index is -0.0455. The Morgan fingerprint density at radius 3 is 2.93 bits per heavy atom. The van der Waals surface area contributed by atoms with Crippen molar-refractivity contribution in [1.29, 1.82) is 0 Å². The summed E-state index contributed by atoms with van der Waals surface area (Å²) < 4.78 is 0.999. The van der Waals surface area contributed by atoms with Gasteiger partial charge in [0.2, 0.25) is 0 Å². The highest BCUT2D eigenvalue weighted by Gasteiger charge is 2.09. The summed E-state index contributed by atoms with van der Waals surface area (Å²) >= 11 is 9.47. The molecular formula is C12H13BrClN. The van der Waals surface area contributed by atoms with Crippen molar-refractivity contribution in [3.63, 3.8) is 0 Å². The lowest BCUT2D eigenvalue weighted by Gasteiger charge is -2.12. The lowest BCUT2D eigenvalue weighted by molar-refractivity contribution is 0.667. The summed E-state index contributed by atoms with van der Waals surface area (Å²) in [4.78, 5) is 0. The van der Waals surface area contributed by atoms with Crippen molar-refractivity contribution in [3.8, 4) is 11.8 Å². The zero-order chi connectivity index (χ0) is 11.3. The summed E-state index contributed by atoms with van der Waals surface area (Å²) in [6, 6.07) is 5.68. The molecule has 1 unspecified atom stereocenters. The molecule has 0 spiro atoms. The molecule has 0 aliphatic heterocycles. The second kappa shape index (κ2) is 6.17. The van der Waals surface area contributed by atoms with Crippen LogP contribution < -0.4 is 5.73 Å². The van der Waals surface area contributed by atoms with Gasteiger partial charge in [-0.1, -0.05) is 27.5 Å². The molecule has 3 heteroatoms. The van der Waals surface area contributed by atoms with Gasteiger partial charge in [0.05, 0.1) is 0 Å². The molecule has 0 amide bonds. The Morgan fingerprint density at radius 2 is 2.27 bits per heavy atom. The van der Waals surface area contributed by atoms with Crippen LogP contribution in [0.3, 0.4) is 0 Å². The number of hydrogen-bond donors (Lipinski definition) is 1. The van der Waals surface area contributed by atoms with E-state index < -0.39 is 0 Å². The van der Waals surface area contributed by atoms with Gasteiger partial charge < -0.3 is 5.73 Å². The molecule has 0 fully saturated rings. The fraction of sp³-hybridized carbons (Fsp3) is 0.333. The molecule has 0 aromatic heterocycles. The molecule has 1 aromatic carbocycles. The molecular weight excluding hydrogens is 273 g/mol. The van der Waals surface area contributed by atoms with Crippen LogP contribution in [0.2, 0.25) is 5.02 Å². The summed E-state index contributed by atoms with van der Waals surface area (Å²) in [6.07, 6.45) is 1.64. The van der Waals surface area contributed by atoms with Gasteiger partial charge >= 0.3 is 0 Å². The van der Waals surface area contributed by atoms with Crippen molar-refractivity contribution in [2.45, 2.75) is 25.8 Å². The van der Waals surface area contributed by atoms with Gasteiger partial charge in [-0.2, -0.15) is 0 Å². The smallest absolute Gasteiger partial charge is 0.0454 e. The van der Waals surface area contributed by atoms with Gasteiger partial charge in [-0.25, -0.2) is 0 Å². The Hall–Kier alpha value is -0.490. The third-order valence-corrected chi connectivity index (χ3v) is 2.95. The van der Waals surface area contributed by atoms with E-state index in [4.69, 9.17) is 17.3 Å². The van der Waals surface area contributed by atoms with Crippen molar-refractivity contribution in [2.75, 3.05) is 0 Å². The van der Waals surface area contributed by atoms with Crippen LogP contribution in [0.5, 0.6) is 0 Å². The topological polar surface area (TPSA) is 26.0 Å². The Kier molecular flexibility index (Phi) is 5.17. The average molecular weight is 287 g/mol. The minimum absolute atomic E-state index is 0.0455. The lowest BCUT2D eigenvalue weighted by Crippen LogP contribution is -2.10. The van der Waals surface area contributed by atoms with Crippen LogP contribution in [0.15, 0.2) is 22.7 Å². The molecule has 0 heterocycles. The fourth-order valence-electron chi connectivity index (χ4n) is 1.31. The van der Waals surface area contributed by atoms with Crippen LogP contribution in [-0.2, 0) is 0 Å². The number of benzene rings is 1. The highest BCUT2D eigenvalue weighted by molar-refractivity contribution is 9.10. The van der Waals surface area contributed by atoms with Gasteiger partial charge in [-0.15, -0.1) is 11.8 Å². The van der Waals surface area contributed by atoms with E-state index in [9.17, 15) is 0 Å². The zero-order valence-electron chi connectivity index (χ0n) is 8.56. The summed E-state index contributed by atoms with van der Waals surface area (Å²) in [5.41, 5.74) is 7.01. The SMILES string of the molecule is CC#CCCC(N)c1cc(Br)ccc1Cl. The first-order chi connectivity index (χ1) is 7.15. The number of hydrogen-bond acceptors (Lipinski definition) is 1. The summed E-state index contributed by atoms with van der Waals surface area (Å²) in [7, 11) is 0. The maximum absolute atomic E-state index is 6.07. The van der Waals surface area contributed by atoms with Crippen LogP contribution >= 0.6 is 27.5 Å². The molecule has 0 saturated carbocycles. The van der Waals surface area contributed by atoms with Crippen molar-refractivity contribution in [2.24, 2.45) is 5.73 Å². The average Bonchev–Trinajstić information content (AvgIpc) is 2.22. The van der Waals surface area contributed by atoms with Crippen molar-refractivity contribution >= 4 is 27.5 Å². The first-order valence-corrected chi connectivity index (χ1v) is 5.92. The lowest BCUT2D eigenvalue weighted by atomic mass is 10.0. The second-order valence-electron chi connectivity index (χ2n) is 3.24. The molecule has 0 saturated heterocycles.